The van der Waals surface area contributed by atoms with E-state index in [1.165, 1.54) is 5.75 Å². The second-order valence-electron chi connectivity index (χ2n) is 4.43. The molecule has 2 rings (SSSR count). The number of carbonyl (C=O) groups excluding carboxylic acids is 1. The Balaban J connectivity index is 2.00. The van der Waals surface area contributed by atoms with E-state index in [0.717, 1.165) is 31.6 Å². The molecule has 2 nitrogen and oxygen atoms in total. The first-order valence-electron chi connectivity index (χ1n) is 5.64. The van der Waals surface area contributed by atoms with E-state index >= 15 is 0 Å². The molecule has 2 heterocycles. The van der Waals surface area contributed by atoms with Gasteiger partial charge in [0, 0.05) is 18.3 Å². The van der Waals surface area contributed by atoms with Crippen LogP contribution in [0.1, 0.15) is 26.2 Å². The molecule has 0 aliphatic carbocycles. The Labute approximate surface area is 95.5 Å². The molecular formula is C12H18O2S. The topological polar surface area (TPSA) is 26.3 Å². The highest BCUT2D eigenvalue weighted by Gasteiger charge is 2.41. The molecule has 2 fully saturated rings. The van der Waals surface area contributed by atoms with Crippen molar-refractivity contribution < 1.29 is 9.53 Å². The Morgan fingerprint density at radius 1 is 1.60 bits per heavy atom. The molecule has 2 aliphatic heterocycles. The van der Waals surface area contributed by atoms with Gasteiger partial charge in [0.2, 0.25) is 0 Å². The second kappa shape index (κ2) is 4.71. The summed E-state index contributed by atoms with van der Waals surface area (Å²) in [7, 11) is 0. The lowest BCUT2D eigenvalue weighted by molar-refractivity contribution is -0.129. The van der Waals surface area contributed by atoms with Crippen LogP contribution in [0.3, 0.4) is 0 Å². The van der Waals surface area contributed by atoms with Gasteiger partial charge in [-0.05, 0) is 38.0 Å². The Morgan fingerprint density at radius 2 is 2.47 bits per heavy atom. The maximum absolute atomic E-state index is 11.8. The number of thioether (sulfide) groups is 1. The fraction of sp³-hybridized carbons (Fsp3) is 0.750. The first kappa shape index (κ1) is 11.2. The molecule has 0 aromatic heterocycles. The molecular weight excluding hydrogens is 208 g/mol. The van der Waals surface area contributed by atoms with Crippen molar-refractivity contribution in [2.45, 2.75) is 31.8 Å². The Morgan fingerprint density at radius 3 is 3.13 bits per heavy atom. The van der Waals surface area contributed by atoms with Crippen molar-refractivity contribution in [3.63, 3.8) is 0 Å². The van der Waals surface area contributed by atoms with Crippen molar-refractivity contribution in [1.82, 2.24) is 0 Å². The van der Waals surface area contributed by atoms with Crippen molar-refractivity contribution in [1.29, 1.82) is 0 Å². The van der Waals surface area contributed by atoms with Crippen LogP contribution in [0.15, 0.2) is 12.2 Å². The van der Waals surface area contributed by atoms with Crippen molar-refractivity contribution in [3.05, 3.63) is 12.2 Å². The maximum atomic E-state index is 11.8. The molecule has 0 saturated carbocycles. The minimum absolute atomic E-state index is 0.0326. The summed E-state index contributed by atoms with van der Waals surface area (Å²) in [4.78, 5) is 11.8. The molecule has 84 valence electrons. The highest BCUT2D eigenvalue weighted by Crippen LogP contribution is 2.40. The molecule has 2 aliphatic rings. The van der Waals surface area contributed by atoms with Gasteiger partial charge in [-0.3, -0.25) is 4.79 Å². The average Bonchev–Trinajstić information content (AvgIpc) is 2.67. The zero-order valence-corrected chi connectivity index (χ0v) is 10.0. The summed E-state index contributed by atoms with van der Waals surface area (Å²) in [5, 5.41) is 0. The Kier molecular flexibility index (Phi) is 3.52. The average molecular weight is 226 g/mol. The lowest BCUT2D eigenvalue weighted by Gasteiger charge is -2.36. The minimum atomic E-state index is 0.0326. The lowest BCUT2D eigenvalue weighted by Crippen LogP contribution is -2.41. The van der Waals surface area contributed by atoms with E-state index in [9.17, 15) is 4.79 Å². The molecule has 1 spiro atoms. The lowest BCUT2D eigenvalue weighted by atomic mass is 9.83. The van der Waals surface area contributed by atoms with Gasteiger partial charge in [-0.15, -0.1) is 0 Å². The fourth-order valence-corrected chi connectivity index (χ4v) is 3.81. The van der Waals surface area contributed by atoms with Gasteiger partial charge in [-0.25, -0.2) is 0 Å². The maximum Gasteiger partial charge on any atom is 0.158 e. The molecule has 2 unspecified atom stereocenters. The van der Waals surface area contributed by atoms with Crippen LogP contribution in [0, 0.1) is 5.92 Å². The van der Waals surface area contributed by atoms with Gasteiger partial charge in [-0.2, -0.15) is 11.8 Å². The third kappa shape index (κ3) is 2.45. The first-order chi connectivity index (χ1) is 7.26. The molecule has 3 heteroatoms. The van der Waals surface area contributed by atoms with E-state index in [4.69, 9.17) is 4.74 Å². The van der Waals surface area contributed by atoms with Crippen LogP contribution >= 0.6 is 11.8 Å². The van der Waals surface area contributed by atoms with E-state index in [1.807, 2.05) is 24.8 Å². The molecule has 0 aromatic carbocycles. The predicted molar refractivity (Wildman–Crippen MR) is 63.2 cm³/mol. The van der Waals surface area contributed by atoms with Crippen molar-refractivity contribution >= 4 is 17.5 Å². The van der Waals surface area contributed by atoms with E-state index in [0.29, 0.717) is 0 Å². The van der Waals surface area contributed by atoms with E-state index < -0.39 is 0 Å². The van der Waals surface area contributed by atoms with Crippen LogP contribution in [0.2, 0.25) is 0 Å². The third-order valence-electron chi connectivity index (χ3n) is 3.29. The number of hydrogen-bond donors (Lipinski definition) is 0. The quantitative estimate of drug-likeness (QED) is 0.676. The summed E-state index contributed by atoms with van der Waals surface area (Å²) in [6, 6.07) is 0. The van der Waals surface area contributed by atoms with E-state index in [-0.39, 0.29) is 17.3 Å². The summed E-state index contributed by atoms with van der Waals surface area (Å²) in [5.74, 6) is 2.75. The smallest absolute Gasteiger partial charge is 0.158 e. The molecule has 2 atom stereocenters. The zero-order valence-electron chi connectivity index (χ0n) is 9.20. The van der Waals surface area contributed by atoms with E-state index in [2.05, 4.69) is 0 Å². The number of ether oxygens (including phenoxy) is 1. The summed E-state index contributed by atoms with van der Waals surface area (Å²) in [6.07, 6.45) is 6.51. The van der Waals surface area contributed by atoms with Gasteiger partial charge in [0.25, 0.3) is 0 Å². The second-order valence-corrected chi connectivity index (χ2v) is 5.53. The number of allylic oxidation sites excluding steroid dienone is 2. The third-order valence-corrected chi connectivity index (χ3v) is 4.52. The Hall–Kier alpha value is -0.280. The fourth-order valence-electron chi connectivity index (χ4n) is 2.43. The van der Waals surface area contributed by atoms with Gasteiger partial charge in [0.15, 0.2) is 5.78 Å². The van der Waals surface area contributed by atoms with Crippen molar-refractivity contribution in [2.75, 3.05) is 18.1 Å². The van der Waals surface area contributed by atoms with Crippen LogP contribution < -0.4 is 0 Å². The molecule has 0 radical (unpaired) electrons. The number of hydrogen-bond acceptors (Lipinski definition) is 3. The van der Waals surface area contributed by atoms with Gasteiger partial charge in [-0.1, -0.05) is 6.08 Å². The SMILES string of the molecule is C/C=C/C(=O)C1CCOC2(CCSC2)C1. The number of ketones is 1. The minimum Gasteiger partial charge on any atom is -0.374 e. The van der Waals surface area contributed by atoms with E-state index in [1.54, 1.807) is 6.08 Å². The first-order valence-corrected chi connectivity index (χ1v) is 6.79. The molecule has 0 amide bonds. The molecule has 0 bridgehead atoms. The zero-order chi connectivity index (χ0) is 10.7. The number of carbonyl (C=O) groups is 1. The van der Waals surface area contributed by atoms with Gasteiger partial charge >= 0.3 is 0 Å². The van der Waals surface area contributed by atoms with Crippen LogP contribution in [0.4, 0.5) is 0 Å². The largest absolute Gasteiger partial charge is 0.374 e. The van der Waals surface area contributed by atoms with Crippen molar-refractivity contribution in [2.24, 2.45) is 5.92 Å². The molecule has 2 saturated heterocycles. The van der Waals surface area contributed by atoms with Gasteiger partial charge in [0.05, 0.1) is 5.60 Å². The van der Waals surface area contributed by atoms with Crippen LogP contribution in [-0.2, 0) is 9.53 Å². The number of rotatable bonds is 2. The molecule has 0 aromatic rings. The van der Waals surface area contributed by atoms with Gasteiger partial charge in [0.1, 0.15) is 0 Å². The highest BCUT2D eigenvalue weighted by atomic mass is 32.2. The summed E-state index contributed by atoms with van der Waals surface area (Å²) >= 11 is 1.95. The standard InChI is InChI=1S/C12H18O2S/c1-2-3-11(13)10-4-6-14-12(8-10)5-7-15-9-12/h2-3,10H,4-9H2,1H3/b3-2+. The Bertz CT molecular complexity index is 267. The van der Waals surface area contributed by atoms with Crippen LogP contribution in [-0.4, -0.2) is 29.5 Å². The van der Waals surface area contributed by atoms with Crippen molar-refractivity contribution in [3.8, 4) is 0 Å². The predicted octanol–water partition coefficient (Wildman–Crippen LogP) is 2.43. The normalized spacial score (nSPS) is 36.5. The van der Waals surface area contributed by atoms with Crippen LogP contribution in [0.5, 0.6) is 0 Å². The van der Waals surface area contributed by atoms with Crippen LogP contribution in [0.25, 0.3) is 0 Å². The van der Waals surface area contributed by atoms with Gasteiger partial charge < -0.3 is 4.74 Å². The summed E-state index contributed by atoms with van der Waals surface area (Å²) < 4.78 is 5.89. The monoisotopic (exact) mass is 226 g/mol. The molecule has 15 heavy (non-hydrogen) atoms. The highest BCUT2D eigenvalue weighted by molar-refractivity contribution is 7.99. The molecule has 0 N–H and O–H groups in total. The summed E-state index contributed by atoms with van der Waals surface area (Å²) in [5.41, 5.74) is 0.0326. The summed E-state index contributed by atoms with van der Waals surface area (Å²) in [6.45, 7) is 2.66.